The van der Waals surface area contributed by atoms with Crippen molar-refractivity contribution in [2.24, 2.45) is 5.92 Å². The van der Waals surface area contributed by atoms with E-state index in [0.29, 0.717) is 12.5 Å². The Hall–Kier alpha value is -2.93. The van der Waals surface area contributed by atoms with Crippen LogP contribution in [-0.2, 0) is 17.8 Å². The van der Waals surface area contributed by atoms with E-state index in [0.717, 1.165) is 50.3 Å². The van der Waals surface area contributed by atoms with E-state index in [1.165, 1.54) is 5.56 Å². The molecule has 2 aliphatic heterocycles. The monoisotopic (exact) mass is 406 g/mol. The van der Waals surface area contributed by atoms with E-state index in [9.17, 15) is 14.9 Å². The Morgan fingerprint density at radius 3 is 2.67 bits per heavy atom. The van der Waals surface area contributed by atoms with Crippen LogP contribution in [0.4, 0.5) is 11.4 Å². The number of rotatable bonds is 5. The van der Waals surface area contributed by atoms with Gasteiger partial charge in [0, 0.05) is 50.0 Å². The number of piperazine rings is 1. The fourth-order valence-electron chi connectivity index (χ4n) is 4.80. The minimum Gasteiger partial charge on any atom is -0.365 e. The number of nitro benzene ring substituents is 1. The standard InChI is InChI=1S/C23H26N4O3/c28-23(24-18-6-7-18)20-13-17-12-19(27(29)30)8-9-21(17)26-11-10-25(15-22(20)26)14-16-4-2-1-3-5-16/h1-5,8-9,12,18,20,22H,6-7,10-11,13-15H2,(H,24,28)/t20-,22-/m1/s1. The van der Waals surface area contributed by atoms with Gasteiger partial charge in [-0.25, -0.2) is 0 Å². The fraction of sp³-hybridized carbons (Fsp3) is 0.435. The number of nitrogens with zero attached hydrogens (tertiary/aromatic N) is 3. The van der Waals surface area contributed by atoms with Gasteiger partial charge in [-0.1, -0.05) is 30.3 Å². The summed E-state index contributed by atoms with van der Waals surface area (Å²) in [5.41, 5.74) is 3.32. The maximum Gasteiger partial charge on any atom is 0.269 e. The quantitative estimate of drug-likeness (QED) is 0.610. The van der Waals surface area contributed by atoms with Crippen LogP contribution in [0.5, 0.6) is 0 Å². The van der Waals surface area contributed by atoms with Crippen molar-refractivity contribution in [1.82, 2.24) is 10.2 Å². The first-order valence-corrected chi connectivity index (χ1v) is 10.7. The van der Waals surface area contributed by atoms with Gasteiger partial charge in [-0.15, -0.1) is 0 Å². The molecule has 1 aliphatic carbocycles. The number of non-ortho nitro benzene ring substituents is 1. The summed E-state index contributed by atoms with van der Waals surface area (Å²) < 4.78 is 0. The second-order valence-electron chi connectivity index (χ2n) is 8.65. The predicted octanol–water partition coefficient (Wildman–Crippen LogP) is 2.74. The molecule has 0 unspecified atom stereocenters. The molecule has 5 rings (SSSR count). The van der Waals surface area contributed by atoms with Crippen LogP contribution >= 0.6 is 0 Å². The first-order valence-electron chi connectivity index (χ1n) is 10.7. The molecule has 7 nitrogen and oxygen atoms in total. The van der Waals surface area contributed by atoms with Crippen LogP contribution in [0.25, 0.3) is 0 Å². The van der Waals surface area contributed by atoms with Gasteiger partial charge in [-0.3, -0.25) is 19.8 Å². The zero-order valence-corrected chi connectivity index (χ0v) is 16.9. The Morgan fingerprint density at radius 1 is 1.13 bits per heavy atom. The van der Waals surface area contributed by atoms with Crippen LogP contribution in [0.2, 0.25) is 0 Å². The molecule has 156 valence electrons. The van der Waals surface area contributed by atoms with Crippen molar-refractivity contribution >= 4 is 17.3 Å². The zero-order chi connectivity index (χ0) is 20.7. The third-order valence-corrected chi connectivity index (χ3v) is 6.50. The lowest BCUT2D eigenvalue weighted by Crippen LogP contribution is -2.61. The number of carbonyl (C=O) groups excluding carboxylic acids is 1. The summed E-state index contributed by atoms with van der Waals surface area (Å²) in [6.45, 7) is 3.40. The van der Waals surface area contributed by atoms with Crippen LogP contribution in [0, 0.1) is 16.0 Å². The van der Waals surface area contributed by atoms with E-state index < -0.39 is 0 Å². The molecule has 0 spiro atoms. The van der Waals surface area contributed by atoms with Gasteiger partial charge in [0.25, 0.3) is 5.69 Å². The molecule has 2 aromatic rings. The molecule has 30 heavy (non-hydrogen) atoms. The van der Waals surface area contributed by atoms with E-state index in [4.69, 9.17) is 0 Å². The summed E-state index contributed by atoms with van der Waals surface area (Å²) in [5, 5.41) is 14.4. The van der Waals surface area contributed by atoms with E-state index in [1.54, 1.807) is 12.1 Å². The molecule has 3 aliphatic rings. The molecule has 1 saturated carbocycles. The molecule has 2 heterocycles. The Morgan fingerprint density at radius 2 is 1.93 bits per heavy atom. The molecule has 2 fully saturated rings. The van der Waals surface area contributed by atoms with Gasteiger partial charge in [-0.2, -0.15) is 0 Å². The van der Waals surface area contributed by atoms with Gasteiger partial charge in [-0.05, 0) is 36.5 Å². The van der Waals surface area contributed by atoms with Crippen molar-refractivity contribution in [1.29, 1.82) is 0 Å². The largest absolute Gasteiger partial charge is 0.365 e. The lowest BCUT2D eigenvalue weighted by atomic mass is 9.83. The number of amides is 1. The first-order chi connectivity index (χ1) is 14.6. The third-order valence-electron chi connectivity index (χ3n) is 6.50. The number of anilines is 1. The lowest BCUT2D eigenvalue weighted by Gasteiger charge is -2.49. The van der Waals surface area contributed by atoms with Crippen LogP contribution < -0.4 is 10.2 Å². The minimum atomic E-state index is -0.358. The lowest BCUT2D eigenvalue weighted by molar-refractivity contribution is -0.384. The third kappa shape index (κ3) is 3.77. The summed E-state index contributed by atoms with van der Waals surface area (Å²) in [7, 11) is 0. The Labute approximate surface area is 175 Å². The highest BCUT2D eigenvalue weighted by Crippen LogP contribution is 2.38. The minimum absolute atomic E-state index is 0.0789. The molecule has 2 atom stereocenters. The van der Waals surface area contributed by atoms with Gasteiger partial charge >= 0.3 is 0 Å². The average Bonchev–Trinajstić information content (AvgIpc) is 3.57. The fourth-order valence-corrected chi connectivity index (χ4v) is 4.80. The van der Waals surface area contributed by atoms with Crippen molar-refractivity contribution in [3.8, 4) is 0 Å². The second-order valence-corrected chi connectivity index (χ2v) is 8.65. The molecule has 0 aromatic heterocycles. The summed E-state index contributed by atoms with van der Waals surface area (Å²) in [5.74, 6) is -0.107. The highest BCUT2D eigenvalue weighted by Gasteiger charge is 2.42. The van der Waals surface area contributed by atoms with Gasteiger partial charge in [0.2, 0.25) is 5.91 Å². The van der Waals surface area contributed by atoms with Crippen molar-refractivity contribution < 1.29 is 9.72 Å². The SMILES string of the molecule is O=C(NC1CC1)[C@@H]1Cc2cc([N+](=O)[O-])ccc2N2CCN(Cc3ccccc3)C[C@H]12. The highest BCUT2D eigenvalue weighted by atomic mass is 16.6. The summed E-state index contributed by atoms with van der Waals surface area (Å²) in [6, 6.07) is 15.9. The summed E-state index contributed by atoms with van der Waals surface area (Å²) in [4.78, 5) is 28.7. The van der Waals surface area contributed by atoms with E-state index in [-0.39, 0.29) is 28.5 Å². The molecule has 2 aromatic carbocycles. The maximum atomic E-state index is 13.1. The number of fused-ring (bicyclic) bond motifs is 3. The molecule has 7 heteroatoms. The molecule has 0 radical (unpaired) electrons. The number of benzene rings is 2. The maximum absolute atomic E-state index is 13.1. The molecule has 0 bridgehead atoms. The number of hydrogen-bond donors (Lipinski definition) is 1. The van der Waals surface area contributed by atoms with Gasteiger partial charge < -0.3 is 10.2 Å². The highest BCUT2D eigenvalue weighted by molar-refractivity contribution is 5.82. The Balaban J connectivity index is 1.42. The molecule has 1 N–H and O–H groups in total. The van der Waals surface area contributed by atoms with Crippen molar-refractivity contribution in [3.05, 3.63) is 69.8 Å². The van der Waals surface area contributed by atoms with E-state index >= 15 is 0 Å². The Bertz CT molecular complexity index is 960. The van der Waals surface area contributed by atoms with E-state index in [1.807, 2.05) is 12.1 Å². The molecular formula is C23H26N4O3. The van der Waals surface area contributed by atoms with Crippen molar-refractivity contribution in [3.63, 3.8) is 0 Å². The number of nitro groups is 1. The van der Waals surface area contributed by atoms with Crippen molar-refractivity contribution in [2.45, 2.75) is 37.9 Å². The van der Waals surface area contributed by atoms with Gasteiger partial charge in [0.05, 0.1) is 16.9 Å². The van der Waals surface area contributed by atoms with Gasteiger partial charge in [0.15, 0.2) is 0 Å². The average molecular weight is 406 g/mol. The first kappa shape index (κ1) is 19.1. The molecular weight excluding hydrogens is 380 g/mol. The van der Waals surface area contributed by atoms with Crippen LogP contribution in [-0.4, -0.2) is 47.4 Å². The summed E-state index contributed by atoms with van der Waals surface area (Å²) >= 11 is 0. The van der Waals surface area contributed by atoms with Crippen LogP contribution in [0.3, 0.4) is 0 Å². The number of carbonyl (C=O) groups is 1. The smallest absolute Gasteiger partial charge is 0.269 e. The van der Waals surface area contributed by atoms with Crippen LogP contribution in [0.1, 0.15) is 24.0 Å². The second kappa shape index (κ2) is 7.72. The molecule has 1 amide bonds. The topological polar surface area (TPSA) is 78.7 Å². The Kier molecular flexibility index (Phi) is 4.90. The van der Waals surface area contributed by atoms with Crippen molar-refractivity contribution in [2.75, 3.05) is 24.5 Å². The number of nitrogens with one attached hydrogen (secondary N) is 1. The normalized spacial score (nSPS) is 23.4. The van der Waals surface area contributed by atoms with E-state index in [2.05, 4.69) is 39.4 Å². The van der Waals surface area contributed by atoms with Crippen LogP contribution in [0.15, 0.2) is 48.5 Å². The zero-order valence-electron chi connectivity index (χ0n) is 16.9. The number of hydrogen-bond acceptors (Lipinski definition) is 5. The predicted molar refractivity (Wildman–Crippen MR) is 114 cm³/mol. The molecule has 1 saturated heterocycles. The van der Waals surface area contributed by atoms with Gasteiger partial charge in [0.1, 0.15) is 0 Å². The summed E-state index contributed by atoms with van der Waals surface area (Å²) in [6.07, 6.45) is 2.65.